The third-order valence-corrected chi connectivity index (χ3v) is 2.80. The van der Waals surface area contributed by atoms with Crippen LogP contribution in [0.15, 0.2) is 0 Å². The third-order valence-electron chi connectivity index (χ3n) is 2.80. The minimum Gasteiger partial charge on any atom is -0.465 e. The molecule has 19 heavy (non-hydrogen) atoms. The summed E-state index contributed by atoms with van der Waals surface area (Å²) in [6.45, 7) is 9.89. The number of carbonyl (C=O) groups is 1. The molecule has 0 spiro atoms. The van der Waals surface area contributed by atoms with Crippen molar-refractivity contribution in [3.63, 3.8) is 0 Å². The Bertz CT molecular complexity index is 219. The van der Waals surface area contributed by atoms with E-state index in [1.54, 1.807) is 0 Å². The number of nitrogens with one attached hydrogen (secondary N) is 1. The topological polar surface area (TPSA) is 47.6 Å². The first-order chi connectivity index (χ1) is 9.11. The molecular weight excluding hydrogens is 242 g/mol. The van der Waals surface area contributed by atoms with Gasteiger partial charge in [-0.2, -0.15) is 0 Å². The van der Waals surface area contributed by atoms with Crippen LogP contribution in [0.5, 0.6) is 0 Å². The van der Waals surface area contributed by atoms with Gasteiger partial charge in [0.1, 0.15) is 6.04 Å². The standard InChI is InChI=1S/C15H31NO3/c1-5-7-8-9-11-18-12-10-14(16-13(3)4)15(17)19-6-2/h13-14,16H,5-12H2,1-4H3. The first-order valence-corrected chi connectivity index (χ1v) is 7.62. The molecule has 0 aliphatic rings. The maximum absolute atomic E-state index is 11.7. The molecule has 0 aliphatic carbocycles. The lowest BCUT2D eigenvalue weighted by atomic mass is 10.2. The fourth-order valence-electron chi connectivity index (χ4n) is 1.85. The monoisotopic (exact) mass is 273 g/mol. The van der Waals surface area contributed by atoms with Crippen LogP contribution >= 0.6 is 0 Å². The summed E-state index contributed by atoms with van der Waals surface area (Å²) in [6, 6.07) is 0.00884. The molecule has 0 aliphatic heterocycles. The van der Waals surface area contributed by atoms with Gasteiger partial charge >= 0.3 is 5.97 Å². The lowest BCUT2D eigenvalue weighted by molar-refractivity contribution is -0.146. The molecule has 114 valence electrons. The normalized spacial score (nSPS) is 12.7. The quantitative estimate of drug-likeness (QED) is 0.439. The Balaban J connectivity index is 3.76. The molecule has 0 saturated carbocycles. The van der Waals surface area contributed by atoms with Crippen molar-refractivity contribution in [2.75, 3.05) is 19.8 Å². The van der Waals surface area contributed by atoms with Gasteiger partial charge in [-0.15, -0.1) is 0 Å². The highest BCUT2D eigenvalue weighted by atomic mass is 16.5. The van der Waals surface area contributed by atoms with Gasteiger partial charge in [0.15, 0.2) is 0 Å². The molecule has 0 bridgehead atoms. The van der Waals surface area contributed by atoms with E-state index >= 15 is 0 Å². The van der Waals surface area contributed by atoms with Crippen LogP contribution in [-0.2, 0) is 14.3 Å². The van der Waals surface area contributed by atoms with Crippen LogP contribution in [0.1, 0.15) is 59.8 Å². The molecule has 1 unspecified atom stereocenters. The predicted octanol–water partition coefficient (Wildman–Crippen LogP) is 2.90. The second kappa shape index (κ2) is 12.4. The second-order valence-corrected chi connectivity index (χ2v) is 5.09. The smallest absolute Gasteiger partial charge is 0.323 e. The zero-order chi connectivity index (χ0) is 14.5. The van der Waals surface area contributed by atoms with Crippen molar-refractivity contribution in [2.45, 2.75) is 71.9 Å². The number of hydrogen-bond acceptors (Lipinski definition) is 4. The Morgan fingerprint density at radius 2 is 1.84 bits per heavy atom. The fraction of sp³-hybridized carbons (Fsp3) is 0.933. The highest BCUT2D eigenvalue weighted by Crippen LogP contribution is 2.02. The van der Waals surface area contributed by atoms with Gasteiger partial charge in [-0.25, -0.2) is 0 Å². The molecular formula is C15H31NO3. The summed E-state index contributed by atoms with van der Waals surface area (Å²) in [5.74, 6) is -0.175. The van der Waals surface area contributed by atoms with Crippen molar-refractivity contribution >= 4 is 5.97 Å². The molecule has 0 radical (unpaired) electrons. The lowest BCUT2D eigenvalue weighted by Gasteiger charge is -2.19. The molecule has 1 atom stereocenters. The first kappa shape index (κ1) is 18.4. The van der Waals surface area contributed by atoms with E-state index in [1.807, 2.05) is 20.8 Å². The van der Waals surface area contributed by atoms with Crippen LogP contribution in [0.4, 0.5) is 0 Å². The van der Waals surface area contributed by atoms with Crippen molar-refractivity contribution in [3.8, 4) is 0 Å². The summed E-state index contributed by atoms with van der Waals surface area (Å²) < 4.78 is 10.6. The van der Waals surface area contributed by atoms with Crippen LogP contribution in [-0.4, -0.2) is 37.9 Å². The summed E-state index contributed by atoms with van der Waals surface area (Å²) >= 11 is 0. The van der Waals surface area contributed by atoms with E-state index in [9.17, 15) is 4.79 Å². The van der Waals surface area contributed by atoms with Crippen molar-refractivity contribution in [1.82, 2.24) is 5.32 Å². The van der Waals surface area contributed by atoms with Gasteiger partial charge < -0.3 is 14.8 Å². The minimum absolute atomic E-state index is 0.175. The molecule has 0 saturated heterocycles. The molecule has 1 N–H and O–H groups in total. The Labute approximate surface area is 118 Å². The SMILES string of the molecule is CCCCCCOCCC(NC(C)C)C(=O)OCC. The Morgan fingerprint density at radius 3 is 2.42 bits per heavy atom. The van der Waals surface area contributed by atoms with E-state index in [-0.39, 0.29) is 18.1 Å². The minimum atomic E-state index is -0.254. The van der Waals surface area contributed by atoms with Gasteiger partial charge in [0.05, 0.1) is 6.61 Å². The van der Waals surface area contributed by atoms with E-state index in [0.717, 1.165) is 13.0 Å². The van der Waals surface area contributed by atoms with Crippen LogP contribution in [0.2, 0.25) is 0 Å². The van der Waals surface area contributed by atoms with Crippen molar-refractivity contribution < 1.29 is 14.3 Å². The van der Waals surface area contributed by atoms with Crippen molar-refractivity contribution in [3.05, 3.63) is 0 Å². The summed E-state index contributed by atoms with van der Waals surface area (Å²) in [5, 5.41) is 3.22. The number of rotatable bonds is 12. The van der Waals surface area contributed by atoms with Gasteiger partial charge in [-0.3, -0.25) is 4.79 Å². The molecule has 4 nitrogen and oxygen atoms in total. The summed E-state index contributed by atoms with van der Waals surface area (Å²) in [7, 11) is 0. The van der Waals surface area contributed by atoms with Gasteiger partial charge in [-0.1, -0.05) is 40.0 Å². The third kappa shape index (κ3) is 11.0. The predicted molar refractivity (Wildman–Crippen MR) is 78.3 cm³/mol. The number of unbranched alkanes of at least 4 members (excludes halogenated alkanes) is 3. The second-order valence-electron chi connectivity index (χ2n) is 5.09. The maximum atomic E-state index is 11.7. The number of esters is 1. The molecule has 0 heterocycles. The zero-order valence-corrected chi connectivity index (χ0v) is 13.0. The molecule has 0 rings (SSSR count). The van der Waals surface area contributed by atoms with E-state index in [4.69, 9.17) is 9.47 Å². The molecule has 0 aromatic carbocycles. The molecule has 0 fully saturated rings. The van der Waals surface area contributed by atoms with Crippen LogP contribution in [0.3, 0.4) is 0 Å². The summed E-state index contributed by atoms with van der Waals surface area (Å²) in [6.07, 6.45) is 5.51. The fourth-order valence-corrected chi connectivity index (χ4v) is 1.85. The van der Waals surface area contributed by atoms with E-state index < -0.39 is 0 Å². The van der Waals surface area contributed by atoms with E-state index in [2.05, 4.69) is 12.2 Å². The molecule has 0 amide bonds. The van der Waals surface area contributed by atoms with E-state index in [0.29, 0.717) is 19.6 Å². The summed E-state index contributed by atoms with van der Waals surface area (Å²) in [4.78, 5) is 11.7. The van der Waals surface area contributed by atoms with Crippen molar-refractivity contribution in [2.24, 2.45) is 0 Å². The number of ether oxygens (including phenoxy) is 2. The zero-order valence-electron chi connectivity index (χ0n) is 13.0. The highest BCUT2D eigenvalue weighted by molar-refractivity contribution is 5.75. The van der Waals surface area contributed by atoms with Crippen LogP contribution in [0, 0.1) is 0 Å². The Hall–Kier alpha value is -0.610. The molecule has 0 aromatic heterocycles. The average Bonchev–Trinajstić information content (AvgIpc) is 2.36. The van der Waals surface area contributed by atoms with Crippen molar-refractivity contribution in [1.29, 1.82) is 0 Å². The van der Waals surface area contributed by atoms with E-state index in [1.165, 1.54) is 19.3 Å². The van der Waals surface area contributed by atoms with Gasteiger partial charge in [0.2, 0.25) is 0 Å². The van der Waals surface area contributed by atoms with Gasteiger partial charge in [-0.05, 0) is 19.8 Å². The molecule has 0 aromatic rings. The maximum Gasteiger partial charge on any atom is 0.323 e. The number of hydrogen-bond donors (Lipinski definition) is 1. The first-order valence-electron chi connectivity index (χ1n) is 7.62. The Kier molecular flexibility index (Phi) is 12.0. The lowest BCUT2D eigenvalue weighted by Crippen LogP contribution is -2.42. The largest absolute Gasteiger partial charge is 0.465 e. The molecule has 4 heteroatoms. The van der Waals surface area contributed by atoms with Gasteiger partial charge in [0.25, 0.3) is 0 Å². The average molecular weight is 273 g/mol. The van der Waals surface area contributed by atoms with Crippen LogP contribution in [0.25, 0.3) is 0 Å². The Morgan fingerprint density at radius 1 is 1.11 bits per heavy atom. The number of carbonyl (C=O) groups excluding carboxylic acids is 1. The summed E-state index contributed by atoms with van der Waals surface area (Å²) in [5.41, 5.74) is 0. The van der Waals surface area contributed by atoms with Crippen LogP contribution < -0.4 is 5.32 Å². The van der Waals surface area contributed by atoms with Gasteiger partial charge in [0, 0.05) is 19.3 Å². The highest BCUT2D eigenvalue weighted by Gasteiger charge is 2.19.